The van der Waals surface area contributed by atoms with Crippen LogP contribution < -0.4 is 10.6 Å². The van der Waals surface area contributed by atoms with Gasteiger partial charge in [0, 0.05) is 22.9 Å². The minimum absolute atomic E-state index is 0.0613. The van der Waals surface area contributed by atoms with E-state index < -0.39 is 24.0 Å². The molecule has 0 spiro atoms. The molecule has 3 aromatic carbocycles. The van der Waals surface area contributed by atoms with Crippen LogP contribution >= 0.6 is 11.8 Å². The number of rotatable bonds is 9. The molecule has 1 unspecified atom stereocenters. The zero-order chi connectivity index (χ0) is 24.8. The molecule has 3 aromatic rings. The predicted molar refractivity (Wildman–Crippen MR) is 136 cm³/mol. The fourth-order valence-electron chi connectivity index (χ4n) is 4.22. The average molecular weight is 491 g/mol. The number of ether oxygens (including phenoxy) is 1. The number of carboxylic acid groups (broad SMARTS) is 1. The number of carboxylic acids is 1. The summed E-state index contributed by atoms with van der Waals surface area (Å²) in [5.41, 5.74) is 4.94. The van der Waals surface area contributed by atoms with E-state index in [2.05, 4.69) is 10.6 Å². The van der Waals surface area contributed by atoms with Crippen molar-refractivity contribution in [2.45, 2.75) is 29.7 Å². The number of thioether (sulfide) groups is 1. The van der Waals surface area contributed by atoms with Crippen LogP contribution in [0.25, 0.3) is 11.1 Å². The molecule has 0 aliphatic heterocycles. The molecule has 35 heavy (non-hydrogen) atoms. The molecule has 0 bridgehead atoms. The summed E-state index contributed by atoms with van der Waals surface area (Å²) in [6.45, 7) is 0.100. The first-order chi connectivity index (χ1) is 17.0. The van der Waals surface area contributed by atoms with E-state index in [-0.39, 0.29) is 25.4 Å². The van der Waals surface area contributed by atoms with Crippen LogP contribution in [0.4, 0.5) is 10.5 Å². The molecule has 0 saturated carbocycles. The SMILES string of the molecule is CSc1ccc(NC(=O)C(CCC(=O)O)NC(=O)OCC2c3ccccc3-c3ccccc32)cc1. The van der Waals surface area contributed by atoms with Gasteiger partial charge < -0.3 is 20.5 Å². The van der Waals surface area contributed by atoms with Gasteiger partial charge in [-0.15, -0.1) is 11.8 Å². The Kier molecular flexibility index (Phi) is 7.72. The Morgan fingerprint density at radius 2 is 1.54 bits per heavy atom. The average Bonchev–Trinajstić information content (AvgIpc) is 3.19. The first-order valence-electron chi connectivity index (χ1n) is 11.2. The minimum atomic E-state index is -1.05. The van der Waals surface area contributed by atoms with Crippen molar-refractivity contribution in [3.8, 4) is 11.1 Å². The van der Waals surface area contributed by atoms with Crippen LogP contribution in [0.15, 0.2) is 77.7 Å². The van der Waals surface area contributed by atoms with Gasteiger partial charge in [-0.3, -0.25) is 9.59 Å². The van der Waals surface area contributed by atoms with Crippen LogP contribution in [-0.2, 0) is 14.3 Å². The van der Waals surface area contributed by atoms with Gasteiger partial charge in [-0.25, -0.2) is 4.79 Å². The highest BCUT2D eigenvalue weighted by Crippen LogP contribution is 2.44. The number of hydrogen-bond acceptors (Lipinski definition) is 5. The third-order valence-electron chi connectivity index (χ3n) is 5.96. The molecule has 8 heteroatoms. The van der Waals surface area contributed by atoms with Gasteiger partial charge in [-0.1, -0.05) is 48.5 Å². The Morgan fingerprint density at radius 3 is 2.11 bits per heavy atom. The third-order valence-corrected chi connectivity index (χ3v) is 6.70. The Hall–Kier alpha value is -3.78. The summed E-state index contributed by atoms with van der Waals surface area (Å²) < 4.78 is 5.53. The van der Waals surface area contributed by atoms with Gasteiger partial charge in [0.25, 0.3) is 0 Å². The highest BCUT2D eigenvalue weighted by molar-refractivity contribution is 7.98. The Balaban J connectivity index is 1.41. The molecular formula is C27H26N2O5S. The van der Waals surface area contributed by atoms with E-state index in [1.807, 2.05) is 66.9 Å². The lowest BCUT2D eigenvalue weighted by Gasteiger charge is -2.19. The van der Waals surface area contributed by atoms with Gasteiger partial charge in [-0.2, -0.15) is 0 Å². The predicted octanol–water partition coefficient (Wildman–Crippen LogP) is 5.12. The van der Waals surface area contributed by atoms with Crippen molar-refractivity contribution in [3.05, 3.63) is 83.9 Å². The quantitative estimate of drug-likeness (QED) is 0.360. The molecule has 1 aliphatic rings. The normalized spacial score (nSPS) is 12.8. The number of benzene rings is 3. The van der Waals surface area contributed by atoms with Crippen LogP contribution in [0.1, 0.15) is 29.9 Å². The van der Waals surface area contributed by atoms with Crippen molar-refractivity contribution in [2.75, 3.05) is 18.2 Å². The molecule has 7 nitrogen and oxygen atoms in total. The molecule has 0 saturated heterocycles. The maximum atomic E-state index is 12.8. The molecule has 0 fully saturated rings. The minimum Gasteiger partial charge on any atom is -0.481 e. The topological polar surface area (TPSA) is 105 Å². The van der Waals surface area contributed by atoms with Gasteiger partial charge in [0.1, 0.15) is 12.6 Å². The molecule has 4 rings (SSSR count). The number of carbonyl (C=O) groups excluding carboxylic acids is 2. The largest absolute Gasteiger partial charge is 0.481 e. The van der Waals surface area contributed by atoms with E-state index in [1.54, 1.807) is 23.9 Å². The van der Waals surface area contributed by atoms with E-state index in [1.165, 1.54) is 0 Å². The van der Waals surface area contributed by atoms with Crippen molar-refractivity contribution in [3.63, 3.8) is 0 Å². The molecule has 1 aliphatic carbocycles. The molecule has 1 atom stereocenters. The first-order valence-corrected chi connectivity index (χ1v) is 12.5. The zero-order valence-electron chi connectivity index (χ0n) is 19.2. The summed E-state index contributed by atoms with van der Waals surface area (Å²) in [6.07, 6.45) is 0.852. The molecular weight excluding hydrogens is 464 g/mol. The molecule has 3 N–H and O–H groups in total. The summed E-state index contributed by atoms with van der Waals surface area (Å²) in [4.78, 5) is 37.6. The smallest absolute Gasteiger partial charge is 0.407 e. The fraction of sp³-hybridized carbons (Fsp3) is 0.222. The number of hydrogen-bond donors (Lipinski definition) is 3. The van der Waals surface area contributed by atoms with E-state index in [9.17, 15) is 14.4 Å². The molecule has 2 amide bonds. The summed E-state index contributed by atoms with van der Waals surface area (Å²) in [5, 5.41) is 14.4. The van der Waals surface area contributed by atoms with Gasteiger partial charge in [0.15, 0.2) is 0 Å². The van der Waals surface area contributed by atoms with Gasteiger partial charge in [0.2, 0.25) is 5.91 Å². The van der Waals surface area contributed by atoms with Crippen molar-refractivity contribution >= 4 is 35.4 Å². The first kappa shape index (κ1) is 24.3. The van der Waals surface area contributed by atoms with Crippen LogP contribution in [0, 0.1) is 0 Å². The second-order valence-electron chi connectivity index (χ2n) is 8.17. The van der Waals surface area contributed by atoms with E-state index in [0.717, 1.165) is 27.1 Å². The second-order valence-corrected chi connectivity index (χ2v) is 9.05. The number of carbonyl (C=O) groups is 3. The molecule has 0 aromatic heterocycles. The van der Waals surface area contributed by atoms with Crippen molar-refractivity contribution < 1.29 is 24.2 Å². The zero-order valence-corrected chi connectivity index (χ0v) is 20.0. The molecule has 180 valence electrons. The second kappa shape index (κ2) is 11.1. The lowest BCUT2D eigenvalue weighted by molar-refractivity contribution is -0.137. The number of aliphatic carboxylic acids is 1. The van der Waals surface area contributed by atoms with Gasteiger partial charge in [0.05, 0.1) is 0 Å². The van der Waals surface area contributed by atoms with Crippen molar-refractivity contribution in [1.82, 2.24) is 5.32 Å². The van der Waals surface area contributed by atoms with Crippen molar-refractivity contribution in [2.24, 2.45) is 0 Å². The molecule has 0 heterocycles. The maximum absolute atomic E-state index is 12.8. The Morgan fingerprint density at radius 1 is 0.943 bits per heavy atom. The van der Waals surface area contributed by atoms with E-state index >= 15 is 0 Å². The third kappa shape index (κ3) is 5.84. The van der Waals surface area contributed by atoms with Crippen LogP contribution in [0.5, 0.6) is 0 Å². The number of anilines is 1. The summed E-state index contributed by atoms with van der Waals surface area (Å²) in [5.74, 6) is -1.67. The number of nitrogens with one attached hydrogen (secondary N) is 2. The van der Waals surface area contributed by atoms with Gasteiger partial charge in [-0.05, 0) is 59.2 Å². The maximum Gasteiger partial charge on any atom is 0.407 e. The van der Waals surface area contributed by atoms with Crippen LogP contribution in [0.2, 0.25) is 0 Å². The summed E-state index contributed by atoms with van der Waals surface area (Å²) in [7, 11) is 0. The lowest BCUT2D eigenvalue weighted by Crippen LogP contribution is -2.44. The summed E-state index contributed by atoms with van der Waals surface area (Å²) in [6, 6.07) is 22.2. The monoisotopic (exact) mass is 490 g/mol. The highest BCUT2D eigenvalue weighted by Gasteiger charge is 2.30. The van der Waals surface area contributed by atoms with Crippen molar-refractivity contribution in [1.29, 1.82) is 0 Å². The van der Waals surface area contributed by atoms with Gasteiger partial charge >= 0.3 is 12.1 Å². The number of amides is 2. The fourth-order valence-corrected chi connectivity index (χ4v) is 4.63. The van der Waals surface area contributed by atoms with E-state index in [4.69, 9.17) is 9.84 Å². The Bertz CT molecular complexity index is 1180. The highest BCUT2D eigenvalue weighted by atomic mass is 32.2. The summed E-state index contributed by atoms with van der Waals surface area (Å²) >= 11 is 1.58. The lowest BCUT2D eigenvalue weighted by atomic mass is 9.98. The van der Waals surface area contributed by atoms with E-state index in [0.29, 0.717) is 5.69 Å². The molecule has 0 radical (unpaired) electrons. The number of alkyl carbamates (subject to hydrolysis) is 1. The standard InChI is InChI=1S/C27H26N2O5S/c1-35-18-12-10-17(11-13-18)28-26(32)24(14-15-25(30)31)29-27(33)34-16-23-21-8-4-2-6-19(21)20-7-3-5-9-22(20)23/h2-13,23-24H,14-16H2,1H3,(H,28,32)(H,29,33)(H,30,31). The number of fused-ring (bicyclic) bond motifs is 3. The van der Waals surface area contributed by atoms with Crippen LogP contribution in [0.3, 0.4) is 0 Å². The van der Waals surface area contributed by atoms with Crippen LogP contribution in [-0.4, -0.2) is 42.0 Å². The Labute approximate surface area is 207 Å².